The van der Waals surface area contributed by atoms with Crippen LogP contribution in [-0.4, -0.2) is 45.0 Å². The average molecular weight is 444 g/mol. The van der Waals surface area contributed by atoms with Gasteiger partial charge in [0.1, 0.15) is 13.1 Å². The van der Waals surface area contributed by atoms with Crippen LogP contribution in [0.2, 0.25) is 5.02 Å². The minimum Gasteiger partial charge on any atom is -0.364 e. The van der Waals surface area contributed by atoms with E-state index in [1.165, 1.54) is 27.8 Å². The van der Waals surface area contributed by atoms with Crippen molar-refractivity contribution >= 4 is 45.9 Å². The highest BCUT2D eigenvalue weighted by molar-refractivity contribution is 6.31. The van der Waals surface area contributed by atoms with Gasteiger partial charge in [-0.3, -0.25) is 19.1 Å². The average Bonchev–Trinajstić information content (AvgIpc) is 3.51. The number of benzene rings is 2. The highest BCUT2D eigenvalue weighted by Gasteiger charge is 2.34. The van der Waals surface area contributed by atoms with E-state index in [-0.39, 0.29) is 41.4 Å². The van der Waals surface area contributed by atoms with Crippen LogP contribution in [0.25, 0.3) is 10.9 Å². The van der Waals surface area contributed by atoms with Crippen LogP contribution < -0.4 is 11.1 Å². The van der Waals surface area contributed by atoms with Gasteiger partial charge in [-0.15, -0.1) is 0 Å². The molecule has 4 rings (SSSR count). The number of anilines is 1. The van der Waals surface area contributed by atoms with Gasteiger partial charge < -0.3 is 16.0 Å². The number of nitrogens with zero attached hydrogens (tertiary/aromatic N) is 3. The second-order valence-corrected chi connectivity index (χ2v) is 7.70. The predicted octanol–water partition coefficient (Wildman–Crippen LogP) is 2.56. The molecule has 1 heterocycles. The summed E-state index contributed by atoms with van der Waals surface area (Å²) in [6, 6.07) is 11.2. The van der Waals surface area contributed by atoms with Gasteiger partial charge in [0.25, 0.3) is 5.91 Å². The van der Waals surface area contributed by atoms with Crippen LogP contribution in [0.3, 0.4) is 0 Å². The van der Waals surface area contributed by atoms with Crippen molar-refractivity contribution < 1.29 is 18.8 Å². The first kappa shape index (κ1) is 20.8. The van der Waals surface area contributed by atoms with Crippen LogP contribution in [0.15, 0.2) is 42.5 Å². The molecule has 10 heteroatoms. The van der Waals surface area contributed by atoms with Gasteiger partial charge in [-0.25, -0.2) is 4.39 Å². The molecule has 0 aliphatic heterocycles. The van der Waals surface area contributed by atoms with Crippen molar-refractivity contribution in [2.45, 2.75) is 25.4 Å². The number of aromatic nitrogens is 2. The molecule has 1 aliphatic carbocycles. The van der Waals surface area contributed by atoms with Crippen molar-refractivity contribution in [3.05, 3.63) is 59.0 Å². The molecule has 0 bridgehead atoms. The monoisotopic (exact) mass is 443 g/mol. The molecule has 1 aromatic heterocycles. The summed E-state index contributed by atoms with van der Waals surface area (Å²) in [4.78, 5) is 38.6. The van der Waals surface area contributed by atoms with E-state index in [0.29, 0.717) is 10.9 Å². The molecule has 0 unspecified atom stereocenters. The Bertz CT molecular complexity index is 1190. The van der Waals surface area contributed by atoms with Crippen molar-refractivity contribution in [1.82, 2.24) is 14.7 Å². The fraction of sp³-hybridized carbons (Fsp3) is 0.238. The number of fused-ring (bicyclic) bond motifs is 1. The Kier molecular flexibility index (Phi) is 5.60. The molecular weight excluding hydrogens is 425 g/mol. The van der Waals surface area contributed by atoms with E-state index < -0.39 is 17.6 Å². The number of nitrogens with two attached hydrogens (primary N) is 1. The Hall–Kier alpha value is -3.46. The third-order valence-electron chi connectivity index (χ3n) is 5.02. The number of carbonyl (C=O) groups is 3. The fourth-order valence-corrected chi connectivity index (χ4v) is 3.58. The number of halogens is 2. The topological polar surface area (TPSA) is 110 Å². The molecule has 3 aromatic rings. The van der Waals surface area contributed by atoms with Crippen LogP contribution in [0.5, 0.6) is 0 Å². The van der Waals surface area contributed by atoms with Gasteiger partial charge in [0.15, 0.2) is 11.5 Å². The molecular formula is C21H19ClFN5O3. The number of amides is 3. The molecule has 0 atom stereocenters. The van der Waals surface area contributed by atoms with Crippen molar-refractivity contribution in [3.8, 4) is 0 Å². The van der Waals surface area contributed by atoms with Crippen LogP contribution in [-0.2, 0) is 16.1 Å². The summed E-state index contributed by atoms with van der Waals surface area (Å²) in [6.45, 7) is -0.402. The summed E-state index contributed by atoms with van der Waals surface area (Å²) in [5.41, 5.74) is 6.02. The molecule has 0 saturated heterocycles. The lowest BCUT2D eigenvalue weighted by molar-refractivity contribution is -0.135. The first-order valence-electron chi connectivity index (χ1n) is 9.64. The van der Waals surface area contributed by atoms with Crippen LogP contribution >= 0.6 is 11.6 Å². The predicted molar refractivity (Wildman–Crippen MR) is 113 cm³/mol. The van der Waals surface area contributed by atoms with E-state index in [1.54, 1.807) is 24.3 Å². The van der Waals surface area contributed by atoms with Gasteiger partial charge >= 0.3 is 0 Å². The van der Waals surface area contributed by atoms with Crippen molar-refractivity contribution in [3.63, 3.8) is 0 Å². The molecule has 0 radical (unpaired) electrons. The highest BCUT2D eigenvalue weighted by atomic mass is 35.5. The summed E-state index contributed by atoms with van der Waals surface area (Å²) in [7, 11) is 0. The lowest BCUT2D eigenvalue weighted by Gasteiger charge is -2.22. The normalized spacial score (nSPS) is 13.2. The van der Waals surface area contributed by atoms with E-state index in [9.17, 15) is 18.8 Å². The second-order valence-electron chi connectivity index (χ2n) is 7.29. The maximum absolute atomic E-state index is 14.1. The first-order valence-corrected chi connectivity index (χ1v) is 10.0. The molecule has 3 N–H and O–H groups in total. The molecule has 160 valence electrons. The van der Waals surface area contributed by atoms with E-state index in [0.717, 1.165) is 12.8 Å². The molecule has 1 saturated carbocycles. The number of rotatable bonds is 7. The third kappa shape index (κ3) is 4.36. The molecule has 0 spiro atoms. The molecule has 3 amide bonds. The standard InChI is InChI=1S/C21H19ClFN5O3/c22-14-5-3-6-15(19(14)23)25-17(29)10-27(12-8-9-12)18(30)11-28-16-7-2-1-4-13(16)20(26-28)21(24)31/h1-7,12H,8-11H2,(H2,24,31)(H,25,29). The van der Waals surface area contributed by atoms with Crippen molar-refractivity contribution in [1.29, 1.82) is 0 Å². The Labute approximate surface area is 181 Å². The zero-order valence-corrected chi connectivity index (χ0v) is 17.1. The Morgan fingerprint density at radius 2 is 1.94 bits per heavy atom. The summed E-state index contributed by atoms with van der Waals surface area (Å²) in [5, 5.41) is 7.09. The molecule has 1 fully saturated rings. The smallest absolute Gasteiger partial charge is 0.269 e. The number of primary amides is 1. The Balaban J connectivity index is 1.51. The summed E-state index contributed by atoms with van der Waals surface area (Å²) >= 11 is 5.74. The van der Waals surface area contributed by atoms with E-state index in [4.69, 9.17) is 17.3 Å². The summed E-state index contributed by atoms with van der Waals surface area (Å²) in [6.07, 6.45) is 1.55. The number of hydrogen-bond donors (Lipinski definition) is 2. The van der Waals surface area contributed by atoms with Gasteiger partial charge in [0.2, 0.25) is 11.8 Å². The Morgan fingerprint density at radius 1 is 1.19 bits per heavy atom. The largest absolute Gasteiger partial charge is 0.364 e. The van der Waals surface area contributed by atoms with Gasteiger partial charge in [-0.2, -0.15) is 5.10 Å². The van der Waals surface area contributed by atoms with Gasteiger partial charge in [0, 0.05) is 11.4 Å². The number of carbonyl (C=O) groups excluding carboxylic acids is 3. The van der Waals surface area contributed by atoms with E-state index in [1.807, 2.05) is 0 Å². The Morgan fingerprint density at radius 3 is 2.65 bits per heavy atom. The van der Waals surface area contributed by atoms with Crippen LogP contribution in [0.4, 0.5) is 10.1 Å². The lowest BCUT2D eigenvalue weighted by atomic mass is 10.2. The minimum atomic E-state index is -0.733. The number of para-hydroxylation sites is 1. The zero-order valence-electron chi connectivity index (χ0n) is 16.3. The number of nitrogens with one attached hydrogen (secondary N) is 1. The quantitative estimate of drug-likeness (QED) is 0.584. The maximum atomic E-state index is 14.1. The van der Waals surface area contributed by atoms with Gasteiger partial charge in [0.05, 0.1) is 16.2 Å². The lowest BCUT2D eigenvalue weighted by Crippen LogP contribution is -2.41. The molecule has 31 heavy (non-hydrogen) atoms. The first-order chi connectivity index (χ1) is 14.8. The molecule has 1 aliphatic rings. The minimum absolute atomic E-state index is 0.0510. The van der Waals surface area contributed by atoms with E-state index in [2.05, 4.69) is 10.4 Å². The zero-order chi connectivity index (χ0) is 22.1. The van der Waals surface area contributed by atoms with Crippen LogP contribution in [0, 0.1) is 5.82 Å². The second kappa shape index (κ2) is 8.35. The molecule has 8 nitrogen and oxygen atoms in total. The summed E-state index contributed by atoms with van der Waals surface area (Å²) < 4.78 is 15.5. The van der Waals surface area contributed by atoms with Crippen LogP contribution in [0.1, 0.15) is 23.3 Å². The van der Waals surface area contributed by atoms with Gasteiger partial charge in [-0.05, 0) is 31.0 Å². The summed E-state index contributed by atoms with van der Waals surface area (Å²) in [5.74, 6) is -2.30. The number of hydrogen-bond acceptors (Lipinski definition) is 4. The van der Waals surface area contributed by atoms with Crippen molar-refractivity contribution in [2.24, 2.45) is 5.73 Å². The molecule has 2 aromatic carbocycles. The fourth-order valence-electron chi connectivity index (χ4n) is 3.40. The van der Waals surface area contributed by atoms with Gasteiger partial charge in [-0.1, -0.05) is 35.9 Å². The third-order valence-corrected chi connectivity index (χ3v) is 5.32. The maximum Gasteiger partial charge on any atom is 0.269 e. The van der Waals surface area contributed by atoms with E-state index >= 15 is 0 Å². The van der Waals surface area contributed by atoms with Crippen molar-refractivity contribution in [2.75, 3.05) is 11.9 Å². The highest BCUT2D eigenvalue weighted by Crippen LogP contribution is 2.28. The SMILES string of the molecule is NC(=O)c1nn(CC(=O)N(CC(=O)Nc2cccc(Cl)c2F)C2CC2)c2ccccc12.